The van der Waals surface area contributed by atoms with E-state index in [0.29, 0.717) is 24.3 Å². The van der Waals surface area contributed by atoms with E-state index in [0.717, 1.165) is 11.3 Å². The maximum absolute atomic E-state index is 12.3. The second-order valence-electron chi connectivity index (χ2n) is 6.20. The number of esters is 1. The summed E-state index contributed by atoms with van der Waals surface area (Å²) in [6.07, 6.45) is 2.03. The van der Waals surface area contributed by atoms with Gasteiger partial charge in [-0.25, -0.2) is 9.80 Å². The van der Waals surface area contributed by atoms with E-state index in [1.807, 2.05) is 30.3 Å². The second kappa shape index (κ2) is 9.33. The lowest BCUT2D eigenvalue weighted by molar-refractivity contribution is -0.148. The van der Waals surface area contributed by atoms with Crippen molar-refractivity contribution in [2.75, 3.05) is 20.3 Å². The highest BCUT2D eigenvalue weighted by atomic mass is 16.5. The molecule has 2 aromatic carbocycles. The van der Waals surface area contributed by atoms with Gasteiger partial charge in [0.25, 0.3) is 5.91 Å². The number of carbonyl (C=O) groups is 2. The summed E-state index contributed by atoms with van der Waals surface area (Å²) in [4.78, 5) is 24.5. The summed E-state index contributed by atoms with van der Waals surface area (Å²) in [5.41, 5.74) is 2.21. The molecule has 1 heterocycles. The van der Waals surface area contributed by atoms with Crippen molar-refractivity contribution in [2.45, 2.75) is 6.42 Å². The van der Waals surface area contributed by atoms with Crippen molar-refractivity contribution < 1.29 is 19.1 Å². The van der Waals surface area contributed by atoms with E-state index in [1.165, 1.54) is 11.1 Å². The summed E-state index contributed by atoms with van der Waals surface area (Å²) < 4.78 is 10.1. The number of amides is 1. The molecule has 0 aromatic heterocycles. The van der Waals surface area contributed by atoms with Gasteiger partial charge in [-0.2, -0.15) is 10.4 Å². The third-order valence-corrected chi connectivity index (χ3v) is 4.29. The third kappa shape index (κ3) is 5.08. The normalized spacial score (nSPS) is 13.4. The Kier molecular flexibility index (Phi) is 6.38. The highest BCUT2D eigenvalue weighted by molar-refractivity contribution is 6.03. The highest BCUT2D eigenvalue weighted by Crippen LogP contribution is 2.16. The van der Waals surface area contributed by atoms with E-state index in [2.05, 4.69) is 5.10 Å². The molecule has 0 atom stereocenters. The molecule has 0 bridgehead atoms. The van der Waals surface area contributed by atoms with E-state index >= 15 is 0 Å². The summed E-state index contributed by atoms with van der Waals surface area (Å²) in [6.45, 7) is -0.0561. The molecule has 2 aromatic rings. The summed E-state index contributed by atoms with van der Waals surface area (Å²) in [5.74, 6) is -0.635. The zero-order valence-electron chi connectivity index (χ0n) is 15.9. The molecule has 0 saturated carbocycles. The highest BCUT2D eigenvalue weighted by Gasteiger charge is 2.23. The number of nitrogens with zero attached hydrogens (tertiary/aromatic N) is 3. The first kappa shape index (κ1) is 19.8. The first-order valence-electron chi connectivity index (χ1n) is 8.97. The molecule has 146 valence electrons. The summed E-state index contributed by atoms with van der Waals surface area (Å²) in [6, 6.07) is 18.2. The standard InChI is InChI=1S/C22H19N3O4/c1-28-19-9-7-16(8-10-19)13-18(14-23)22(27)29-15-21(26)25-12-11-20(24-25)17-5-3-2-4-6-17/h2-10,13H,11-12,15H2,1H3/b18-13+. The van der Waals surface area contributed by atoms with E-state index in [1.54, 1.807) is 37.4 Å². The van der Waals surface area contributed by atoms with Crippen LogP contribution in [0.2, 0.25) is 0 Å². The average molecular weight is 389 g/mol. The Morgan fingerprint density at radius 3 is 2.55 bits per heavy atom. The maximum Gasteiger partial charge on any atom is 0.349 e. The molecule has 29 heavy (non-hydrogen) atoms. The number of methoxy groups -OCH3 is 1. The second-order valence-corrected chi connectivity index (χ2v) is 6.20. The molecule has 0 unspecified atom stereocenters. The minimum atomic E-state index is -0.858. The quantitative estimate of drug-likeness (QED) is 0.430. The Morgan fingerprint density at radius 1 is 1.17 bits per heavy atom. The molecule has 1 aliphatic rings. The van der Waals surface area contributed by atoms with E-state index < -0.39 is 18.5 Å². The fraction of sp³-hybridized carbons (Fsp3) is 0.182. The molecule has 0 spiro atoms. The molecule has 0 radical (unpaired) electrons. The molecule has 0 saturated heterocycles. The Balaban J connectivity index is 1.59. The minimum Gasteiger partial charge on any atom is -0.497 e. The van der Waals surface area contributed by atoms with Crippen molar-refractivity contribution in [1.82, 2.24) is 5.01 Å². The van der Waals surface area contributed by atoms with Gasteiger partial charge < -0.3 is 9.47 Å². The van der Waals surface area contributed by atoms with Crippen LogP contribution in [0.5, 0.6) is 5.75 Å². The monoisotopic (exact) mass is 389 g/mol. The molecule has 7 heteroatoms. The molecule has 3 rings (SSSR count). The fourth-order valence-corrected chi connectivity index (χ4v) is 2.75. The topological polar surface area (TPSA) is 92.0 Å². The molecule has 0 N–H and O–H groups in total. The maximum atomic E-state index is 12.3. The van der Waals surface area contributed by atoms with Crippen molar-refractivity contribution in [3.05, 3.63) is 71.3 Å². The molecule has 1 aliphatic heterocycles. The average Bonchev–Trinajstić information content (AvgIpc) is 3.27. The van der Waals surface area contributed by atoms with Crippen LogP contribution in [0.25, 0.3) is 6.08 Å². The lowest BCUT2D eigenvalue weighted by atomic mass is 10.1. The zero-order chi connectivity index (χ0) is 20.6. The van der Waals surface area contributed by atoms with Crippen molar-refractivity contribution in [3.8, 4) is 11.8 Å². The van der Waals surface area contributed by atoms with Gasteiger partial charge in [0.15, 0.2) is 6.61 Å². The van der Waals surface area contributed by atoms with Gasteiger partial charge >= 0.3 is 5.97 Å². The fourth-order valence-electron chi connectivity index (χ4n) is 2.75. The Labute approximate surface area is 168 Å². The Morgan fingerprint density at radius 2 is 1.90 bits per heavy atom. The summed E-state index contributed by atoms with van der Waals surface area (Å²) >= 11 is 0. The minimum absolute atomic E-state index is 0.196. The molecule has 0 aliphatic carbocycles. The number of benzene rings is 2. The van der Waals surface area contributed by atoms with Crippen molar-refractivity contribution >= 4 is 23.7 Å². The van der Waals surface area contributed by atoms with Crippen LogP contribution < -0.4 is 4.74 Å². The Bertz CT molecular complexity index is 989. The van der Waals surface area contributed by atoms with Crippen molar-refractivity contribution in [2.24, 2.45) is 5.10 Å². The number of carbonyl (C=O) groups excluding carboxylic acids is 2. The van der Waals surface area contributed by atoms with Crippen LogP contribution in [0.15, 0.2) is 65.3 Å². The van der Waals surface area contributed by atoms with Gasteiger partial charge in [0.05, 0.1) is 19.4 Å². The van der Waals surface area contributed by atoms with Crippen LogP contribution in [-0.4, -0.2) is 42.9 Å². The van der Waals surface area contributed by atoms with Gasteiger partial charge in [0, 0.05) is 6.42 Å². The third-order valence-electron chi connectivity index (χ3n) is 4.29. The molecular weight excluding hydrogens is 370 g/mol. The molecule has 7 nitrogen and oxygen atoms in total. The first-order valence-corrected chi connectivity index (χ1v) is 8.97. The van der Waals surface area contributed by atoms with Gasteiger partial charge in [-0.15, -0.1) is 0 Å². The van der Waals surface area contributed by atoms with E-state index in [4.69, 9.17) is 9.47 Å². The van der Waals surface area contributed by atoms with Crippen LogP contribution in [0.1, 0.15) is 17.5 Å². The lowest BCUT2D eigenvalue weighted by Crippen LogP contribution is -2.29. The number of ether oxygens (including phenoxy) is 2. The number of rotatable bonds is 6. The largest absolute Gasteiger partial charge is 0.497 e. The molecular formula is C22H19N3O4. The number of hydrogen-bond acceptors (Lipinski definition) is 6. The predicted molar refractivity (Wildman–Crippen MR) is 107 cm³/mol. The molecule has 0 fully saturated rings. The first-order chi connectivity index (χ1) is 14.1. The van der Waals surface area contributed by atoms with Crippen LogP contribution >= 0.6 is 0 Å². The number of hydrazone groups is 1. The van der Waals surface area contributed by atoms with Crippen LogP contribution in [0.4, 0.5) is 0 Å². The van der Waals surface area contributed by atoms with Crippen LogP contribution in [0.3, 0.4) is 0 Å². The van der Waals surface area contributed by atoms with Crippen molar-refractivity contribution in [3.63, 3.8) is 0 Å². The predicted octanol–water partition coefficient (Wildman–Crippen LogP) is 2.78. The lowest BCUT2D eigenvalue weighted by Gasteiger charge is -2.11. The Hall–Kier alpha value is -3.92. The van der Waals surface area contributed by atoms with E-state index in [9.17, 15) is 14.9 Å². The van der Waals surface area contributed by atoms with Crippen LogP contribution in [0, 0.1) is 11.3 Å². The zero-order valence-corrected chi connectivity index (χ0v) is 15.9. The number of hydrogen-bond donors (Lipinski definition) is 0. The van der Waals surface area contributed by atoms with E-state index in [-0.39, 0.29) is 5.57 Å². The van der Waals surface area contributed by atoms with Gasteiger partial charge in [-0.1, -0.05) is 42.5 Å². The number of nitriles is 1. The smallest absolute Gasteiger partial charge is 0.349 e. The van der Waals surface area contributed by atoms with Gasteiger partial charge in [0.1, 0.15) is 17.4 Å². The van der Waals surface area contributed by atoms with Crippen LogP contribution in [-0.2, 0) is 14.3 Å². The summed E-state index contributed by atoms with van der Waals surface area (Å²) in [5, 5.41) is 14.8. The summed E-state index contributed by atoms with van der Waals surface area (Å²) in [7, 11) is 1.55. The SMILES string of the molecule is COc1ccc(/C=C(\C#N)C(=O)OCC(=O)N2CCC(c3ccccc3)=N2)cc1. The molecule has 1 amide bonds. The van der Waals surface area contributed by atoms with Crippen molar-refractivity contribution in [1.29, 1.82) is 5.26 Å². The van der Waals surface area contributed by atoms with Gasteiger partial charge in [-0.05, 0) is 29.3 Å². The van der Waals surface area contributed by atoms with Gasteiger partial charge in [0.2, 0.25) is 0 Å². The van der Waals surface area contributed by atoms with Gasteiger partial charge in [-0.3, -0.25) is 4.79 Å².